The molecule has 4 heteroatoms. The topological polar surface area (TPSA) is 49.4 Å². The van der Waals surface area contributed by atoms with Gasteiger partial charge in [-0.2, -0.15) is 0 Å². The molecule has 2 aromatic rings. The molecule has 4 nitrogen and oxygen atoms in total. The summed E-state index contributed by atoms with van der Waals surface area (Å²) in [7, 11) is 0. The van der Waals surface area contributed by atoms with E-state index in [0.29, 0.717) is 6.42 Å². The van der Waals surface area contributed by atoms with Crippen LogP contribution in [0.1, 0.15) is 11.1 Å². The molecule has 0 bridgehead atoms. The molecule has 1 aliphatic heterocycles. The Morgan fingerprint density at radius 3 is 2.30 bits per heavy atom. The normalized spacial score (nSPS) is 17.7. The van der Waals surface area contributed by atoms with Gasteiger partial charge < -0.3 is 5.32 Å². The van der Waals surface area contributed by atoms with E-state index in [-0.39, 0.29) is 18.5 Å². The number of hydrogen-bond acceptors (Lipinski definition) is 2. The Labute approximate surface area is 135 Å². The number of nitrogens with zero attached hydrogens (tertiary/aromatic N) is 1. The smallest absolute Gasteiger partial charge is 0.325 e. The van der Waals surface area contributed by atoms with Crippen molar-refractivity contribution in [2.24, 2.45) is 0 Å². The molecule has 1 saturated heterocycles. The number of imide groups is 1. The van der Waals surface area contributed by atoms with Crippen LogP contribution in [0.15, 0.2) is 66.7 Å². The van der Waals surface area contributed by atoms with Crippen molar-refractivity contribution in [1.82, 2.24) is 10.2 Å². The van der Waals surface area contributed by atoms with Gasteiger partial charge in [0.1, 0.15) is 6.04 Å². The average Bonchev–Trinajstić information content (AvgIpc) is 2.84. The Bertz CT molecular complexity index is 711. The molecule has 1 atom stereocenters. The van der Waals surface area contributed by atoms with Gasteiger partial charge in [0.25, 0.3) is 5.91 Å². The molecule has 2 aromatic carbocycles. The first-order valence-corrected chi connectivity index (χ1v) is 7.61. The van der Waals surface area contributed by atoms with Gasteiger partial charge >= 0.3 is 6.03 Å². The van der Waals surface area contributed by atoms with Crippen LogP contribution in [0.5, 0.6) is 0 Å². The molecule has 0 spiro atoms. The molecule has 0 aromatic heterocycles. The highest BCUT2D eigenvalue weighted by molar-refractivity contribution is 6.04. The number of benzene rings is 2. The first kappa shape index (κ1) is 15.0. The second-order valence-electron chi connectivity index (χ2n) is 5.45. The summed E-state index contributed by atoms with van der Waals surface area (Å²) in [5.41, 5.74) is 2.08. The number of rotatable bonds is 5. The Kier molecular flexibility index (Phi) is 4.52. The van der Waals surface area contributed by atoms with Gasteiger partial charge in [-0.25, -0.2) is 4.79 Å². The summed E-state index contributed by atoms with van der Waals surface area (Å²) in [6.45, 7) is 0.283. The SMILES string of the molecule is O=C1NC(Cc2ccccc2)C(=O)N1CC=Cc1ccccc1. The minimum atomic E-state index is -0.477. The van der Waals surface area contributed by atoms with Crippen LogP contribution in [-0.2, 0) is 11.2 Å². The summed E-state index contributed by atoms with van der Waals surface area (Å²) >= 11 is 0. The Morgan fingerprint density at radius 1 is 0.957 bits per heavy atom. The summed E-state index contributed by atoms with van der Waals surface area (Å²) in [4.78, 5) is 25.6. The molecule has 0 aliphatic carbocycles. The van der Waals surface area contributed by atoms with Crippen molar-refractivity contribution in [1.29, 1.82) is 0 Å². The van der Waals surface area contributed by atoms with Crippen molar-refractivity contribution in [3.05, 3.63) is 77.9 Å². The Balaban J connectivity index is 1.61. The summed E-state index contributed by atoms with van der Waals surface area (Å²) in [6.07, 6.45) is 4.26. The maximum atomic E-state index is 12.4. The van der Waals surface area contributed by atoms with Crippen molar-refractivity contribution < 1.29 is 9.59 Å². The second-order valence-corrected chi connectivity index (χ2v) is 5.45. The highest BCUT2D eigenvalue weighted by Gasteiger charge is 2.36. The molecule has 1 unspecified atom stereocenters. The van der Waals surface area contributed by atoms with Crippen LogP contribution in [0.2, 0.25) is 0 Å². The summed E-state index contributed by atoms with van der Waals surface area (Å²) in [5, 5.41) is 2.75. The lowest BCUT2D eigenvalue weighted by atomic mass is 10.1. The number of urea groups is 1. The standard InChI is InChI=1S/C19H18N2O2/c22-18-17(14-16-10-5-2-6-11-16)20-19(23)21(18)13-7-12-15-8-3-1-4-9-15/h1-12,17H,13-14H2,(H,20,23). The third-order valence-corrected chi connectivity index (χ3v) is 3.79. The van der Waals surface area contributed by atoms with Crippen molar-refractivity contribution in [3.63, 3.8) is 0 Å². The molecule has 0 saturated carbocycles. The molecule has 23 heavy (non-hydrogen) atoms. The van der Waals surface area contributed by atoms with Crippen molar-refractivity contribution in [3.8, 4) is 0 Å². The van der Waals surface area contributed by atoms with Crippen LogP contribution in [-0.4, -0.2) is 29.4 Å². The van der Waals surface area contributed by atoms with Crippen LogP contribution < -0.4 is 5.32 Å². The predicted octanol–water partition coefficient (Wildman–Crippen LogP) is 2.86. The fourth-order valence-electron chi connectivity index (χ4n) is 2.60. The zero-order valence-corrected chi connectivity index (χ0v) is 12.7. The molecule has 1 aliphatic rings. The van der Waals surface area contributed by atoms with Crippen LogP contribution in [0.4, 0.5) is 4.79 Å². The lowest BCUT2D eigenvalue weighted by molar-refractivity contribution is -0.127. The molecule has 0 radical (unpaired) electrons. The lowest BCUT2D eigenvalue weighted by Gasteiger charge is -2.10. The van der Waals surface area contributed by atoms with E-state index in [1.54, 1.807) is 0 Å². The van der Waals surface area contributed by atoms with E-state index in [0.717, 1.165) is 11.1 Å². The fraction of sp³-hybridized carbons (Fsp3) is 0.158. The van der Waals surface area contributed by atoms with E-state index in [1.165, 1.54) is 4.90 Å². The van der Waals surface area contributed by atoms with E-state index in [2.05, 4.69) is 5.32 Å². The van der Waals surface area contributed by atoms with Gasteiger partial charge in [0.2, 0.25) is 0 Å². The number of carbonyl (C=O) groups excluding carboxylic acids is 2. The van der Waals surface area contributed by atoms with Crippen LogP contribution in [0.25, 0.3) is 6.08 Å². The molecular weight excluding hydrogens is 288 g/mol. The molecule has 1 heterocycles. The monoisotopic (exact) mass is 306 g/mol. The number of hydrogen-bond donors (Lipinski definition) is 1. The van der Waals surface area contributed by atoms with Gasteiger partial charge in [-0.05, 0) is 11.1 Å². The van der Waals surface area contributed by atoms with Gasteiger partial charge in [0.15, 0.2) is 0 Å². The van der Waals surface area contributed by atoms with Crippen LogP contribution in [0, 0.1) is 0 Å². The first-order valence-electron chi connectivity index (χ1n) is 7.61. The molecule has 1 N–H and O–H groups in total. The van der Waals surface area contributed by atoms with Gasteiger partial charge in [0, 0.05) is 13.0 Å². The van der Waals surface area contributed by atoms with Crippen molar-refractivity contribution in [2.75, 3.05) is 6.54 Å². The number of nitrogens with one attached hydrogen (secondary N) is 1. The molecule has 1 fully saturated rings. The molecule has 3 amide bonds. The Hall–Kier alpha value is -2.88. The summed E-state index contributed by atoms with van der Waals surface area (Å²) in [6, 6.07) is 18.7. The van der Waals surface area contributed by atoms with E-state index >= 15 is 0 Å². The Morgan fingerprint density at radius 2 is 1.61 bits per heavy atom. The van der Waals surface area contributed by atoms with E-state index in [1.807, 2.05) is 72.8 Å². The van der Waals surface area contributed by atoms with E-state index in [4.69, 9.17) is 0 Å². The zero-order valence-electron chi connectivity index (χ0n) is 12.7. The largest absolute Gasteiger partial charge is 0.325 e. The molecule has 116 valence electrons. The lowest BCUT2D eigenvalue weighted by Crippen LogP contribution is -2.32. The minimum absolute atomic E-state index is 0.170. The highest BCUT2D eigenvalue weighted by Crippen LogP contribution is 2.12. The molecule has 3 rings (SSSR count). The maximum Gasteiger partial charge on any atom is 0.325 e. The number of carbonyl (C=O) groups is 2. The van der Waals surface area contributed by atoms with Gasteiger partial charge in [-0.1, -0.05) is 72.8 Å². The van der Waals surface area contributed by atoms with Crippen LogP contribution in [0.3, 0.4) is 0 Å². The van der Waals surface area contributed by atoms with Crippen molar-refractivity contribution in [2.45, 2.75) is 12.5 Å². The second kappa shape index (κ2) is 6.92. The van der Waals surface area contributed by atoms with Gasteiger partial charge in [-0.15, -0.1) is 0 Å². The van der Waals surface area contributed by atoms with Crippen LogP contribution >= 0.6 is 0 Å². The van der Waals surface area contributed by atoms with Gasteiger partial charge in [0.05, 0.1) is 0 Å². The number of amides is 3. The first-order chi connectivity index (χ1) is 11.2. The zero-order chi connectivity index (χ0) is 16.1. The maximum absolute atomic E-state index is 12.4. The quantitative estimate of drug-likeness (QED) is 0.864. The minimum Gasteiger partial charge on any atom is -0.325 e. The summed E-state index contributed by atoms with van der Waals surface area (Å²) in [5.74, 6) is -0.170. The van der Waals surface area contributed by atoms with E-state index < -0.39 is 6.04 Å². The molecular formula is C19H18N2O2. The van der Waals surface area contributed by atoms with Crippen molar-refractivity contribution >= 4 is 18.0 Å². The highest BCUT2D eigenvalue weighted by atomic mass is 16.2. The average molecular weight is 306 g/mol. The van der Waals surface area contributed by atoms with E-state index in [9.17, 15) is 9.59 Å². The predicted molar refractivity (Wildman–Crippen MR) is 89.7 cm³/mol. The fourth-order valence-corrected chi connectivity index (χ4v) is 2.60. The summed E-state index contributed by atoms with van der Waals surface area (Å²) < 4.78 is 0. The third kappa shape index (κ3) is 3.66. The third-order valence-electron chi connectivity index (χ3n) is 3.79. The van der Waals surface area contributed by atoms with Gasteiger partial charge in [-0.3, -0.25) is 9.69 Å².